The van der Waals surface area contributed by atoms with E-state index in [-0.39, 0.29) is 6.10 Å². The van der Waals surface area contributed by atoms with Crippen molar-refractivity contribution in [3.63, 3.8) is 0 Å². The highest BCUT2D eigenvalue weighted by atomic mass is 16.5. The molecule has 0 radical (unpaired) electrons. The summed E-state index contributed by atoms with van der Waals surface area (Å²) >= 11 is 0. The molecule has 0 amide bonds. The minimum absolute atomic E-state index is 0.257. The number of nitrogens with zero attached hydrogens (tertiary/aromatic N) is 3. The van der Waals surface area contributed by atoms with Gasteiger partial charge in [0.25, 0.3) is 0 Å². The first-order valence-corrected chi connectivity index (χ1v) is 10.3. The van der Waals surface area contributed by atoms with E-state index in [4.69, 9.17) is 9.47 Å². The number of carbonyl (C=O) groups excluding carboxylic acids is 1. The summed E-state index contributed by atoms with van der Waals surface area (Å²) in [5.41, 5.74) is 1.69. The molecule has 156 valence electrons. The zero-order valence-electron chi connectivity index (χ0n) is 17.0. The zero-order valence-corrected chi connectivity index (χ0v) is 17.0. The summed E-state index contributed by atoms with van der Waals surface area (Å²) in [5.74, 6) is 1.20. The van der Waals surface area contributed by atoms with Crippen molar-refractivity contribution in [2.75, 3.05) is 20.2 Å². The van der Waals surface area contributed by atoms with Crippen molar-refractivity contribution in [2.45, 2.75) is 45.1 Å². The normalized spacial score (nSPS) is 26.9. The molecule has 2 aromatic rings. The molecule has 1 aliphatic carbocycles. The van der Waals surface area contributed by atoms with Gasteiger partial charge < -0.3 is 14.6 Å². The van der Waals surface area contributed by atoms with Gasteiger partial charge in [-0.2, -0.15) is 5.10 Å². The van der Waals surface area contributed by atoms with Gasteiger partial charge in [0.05, 0.1) is 25.0 Å². The van der Waals surface area contributed by atoms with Crippen LogP contribution in [0.5, 0.6) is 5.75 Å². The van der Waals surface area contributed by atoms with Crippen LogP contribution >= 0.6 is 0 Å². The number of methoxy groups -OCH3 is 1. The van der Waals surface area contributed by atoms with Crippen LogP contribution in [0.15, 0.2) is 36.7 Å². The Hall–Kier alpha value is -2.38. The minimum Gasteiger partial charge on any atom is -0.488 e. The first kappa shape index (κ1) is 19.9. The van der Waals surface area contributed by atoms with Crippen molar-refractivity contribution >= 4 is 5.97 Å². The lowest BCUT2D eigenvalue weighted by atomic mass is 9.78. The molecule has 0 unspecified atom stereocenters. The Morgan fingerprint density at radius 2 is 2.07 bits per heavy atom. The van der Waals surface area contributed by atoms with E-state index in [1.54, 1.807) is 18.2 Å². The second kappa shape index (κ2) is 8.55. The maximum absolute atomic E-state index is 11.7. The monoisotopic (exact) mass is 399 g/mol. The van der Waals surface area contributed by atoms with Crippen LogP contribution < -0.4 is 4.74 Å². The number of benzene rings is 1. The summed E-state index contributed by atoms with van der Waals surface area (Å²) in [4.78, 5) is 14.2. The Balaban J connectivity index is 1.37. The second-order valence-electron chi connectivity index (χ2n) is 8.13. The largest absolute Gasteiger partial charge is 0.488 e. The molecule has 1 saturated heterocycles. The Labute approximate surface area is 171 Å². The van der Waals surface area contributed by atoms with Gasteiger partial charge in [0.15, 0.2) is 0 Å². The number of ether oxygens (including phenoxy) is 2. The predicted octanol–water partition coefficient (Wildman–Crippen LogP) is 2.34. The number of hydrogen-bond donors (Lipinski definition) is 1. The highest BCUT2D eigenvalue weighted by Crippen LogP contribution is 2.38. The average molecular weight is 399 g/mol. The molecule has 0 bridgehead atoms. The SMILES string of the molecule is CCn1cc(CN2C[C@H]3C[C@@H](Oc4cccc(C(=O)OC)c4)[C@H](O)C[C@H]3C2)cn1. The van der Waals surface area contributed by atoms with Crippen LogP contribution in [0, 0.1) is 11.8 Å². The van der Waals surface area contributed by atoms with Gasteiger partial charge in [0.2, 0.25) is 0 Å². The van der Waals surface area contributed by atoms with E-state index >= 15 is 0 Å². The number of fused-ring (bicyclic) bond motifs is 1. The number of aryl methyl sites for hydroxylation is 1. The quantitative estimate of drug-likeness (QED) is 0.752. The number of aromatic nitrogens is 2. The minimum atomic E-state index is -0.499. The summed E-state index contributed by atoms with van der Waals surface area (Å²) in [6, 6.07) is 6.96. The molecular formula is C22H29N3O4. The number of likely N-dealkylation sites (tertiary alicyclic amines) is 1. The molecule has 2 aliphatic rings. The Bertz CT molecular complexity index is 852. The highest BCUT2D eigenvalue weighted by Gasteiger charge is 2.42. The molecule has 2 heterocycles. The van der Waals surface area contributed by atoms with Crippen LogP contribution in [0.4, 0.5) is 0 Å². The lowest BCUT2D eigenvalue weighted by Crippen LogP contribution is -2.42. The molecule has 4 atom stereocenters. The summed E-state index contributed by atoms with van der Waals surface area (Å²) in [7, 11) is 1.36. The third-order valence-corrected chi connectivity index (χ3v) is 6.12. The molecule has 1 aromatic carbocycles. The number of carbonyl (C=O) groups is 1. The predicted molar refractivity (Wildman–Crippen MR) is 108 cm³/mol. The van der Waals surface area contributed by atoms with Crippen molar-refractivity contribution < 1.29 is 19.4 Å². The van der Waals surface area contributed by atoms with E-state index in [1.165, 1.54) is 12.7 Å². The molecule has 7 nitrogen and oxygen atoms in total. The van der Waals surface area contributed by atoms with Gasteiger partial charge in [-0.1, -0.05) is 6.07 Å². The molecule has 1 aromatic heterocycles. The van der Waals surface area contributed by atoms with Gasteiger partial charge in [0, 0.05) is 37.9 Å². The molecule has 29 heavy (non-hydrogen) atoms. The fourth-order valence-corrected chi connectivity index (χ4v) is 4.65. The number of rotatable bonds is 6. The van der Waals surface area contributed by atoms with Crippen LogP contribution in [0.25, 0.3) is 0 Å². The lowest BCUT2D eigenvalue weighted by molar-refractivity contribution is -0.0231. The first-order chi connectivity index (χ1) is 14.1. The fraction of sp³-hybridized carbons (Fsp3) is 0.545. The highest BCUT2D eigenvalue weighted by molar-refractivity contribution is 5.89. The smallest absolute Gasteiger partial charge is 0.337 e. The summed E-state index contributed by atoms with van der Waals surface area (Å²) in [6.45, 7) is 5.88. The van der Waals surface area contributed by atoms with Crippen LogP contribution in [0.3, 0.4) is 0 Å². The van der Waals surface area contributed by atoms with Crippen LogP contribution in [-0.2, 0) is 17.8 Å². The van der Waals surface area contributed by atoms with Crippen molar-refractivity contribution in [1.29, 1.82) is 0 Å². The van der Waals surface area contributed by atoms with Crippen molar-refractivity contribution in [1.82, 2.24) is 14.7 Å². The van der Waals surface area contributed by atoms with Gasteiger partial charge >= 0.3 is 5.97 Å². The van der Waals surface area contributed by atoms with Crippen molar-refractivity contribution in [2.24, 2.45) is 11.8 Å². The fourth-order valence-electron chi connectivity index (χ4n) is 4.65. The number of aliphatic hydroxyl groups excluding tert-OH is 1. The Morgan fingerprint density at radius 3 is 2.79 bits per heavy atom. The van der Waals surface area contributed by atoms with Gasteiger partial charge in [0.1, 0.15) is 11.9 Å². The molecule has 2 fully saturated rings. The number of aliphatic hydroxyl groups is 1. The van der Waals surface area contributed by atoms with Gasteiger partial charge in [-0.3, -0.25) is 9.58 Å². The molecule has 1 N–H and O–H groups in total. The van der Waals surface area contributed by atoms with Gasteiger partial charge in [-0.05, 0) is 49.8 Å². The topological polar surface area (TPSA) is 76.8 Å². The maximum atomic E-state index is 11.7. The van der Waals surface area contributed by atoms with E-state index in [2.05, 4.69) is 23.1 Å². The van der Waals surface area contributed by atoms with E-state index in [9.17, 15) is 9.90 Å². The zero-order chi connectivity index (χ0) is 20.4. The average Bonchev–Trinajstić information content (AvgIpc) is 3.34. The van der Waals surface area contributed by atoms with E-state index in [0.717, 1.165) is 39.0 Å². The Kier molecular flexibility index (Phi) is 5.87. The molecule has 1 saturated carbocycles. The van der Waals surface area contributed by atoms with Crippen molar-refractivity contribution in [3.8, 4) is 5.75 Å². The molecule has 7 heteroatoms. The molecule has 4 rings (SSSR count). The van der Waals surface area contributed by atoms with Crippen LogP contribution in [-0.4, -0.2) is 58.2 Å². The molecule has 1 aliphatic heterocycles. The van der Waals surface area contributed by atoms with Gasteiger partial charge in [-0.25, -0.2) is 4.79 Å². The van der Waals surface area contributed by atoms with Crippen LogP contribution in [0.1, 0.15) is 35.7 Å². The number of esters is 1. The van der Waals surface area contributed by atoms with Crippen molar-refractivity contribution in [3.05, 3.63) is 47.8 Å². The van der Waals surface area contributed by atoms with Gasteiger partial charge in [-0.15, -0.1) is 0 Å². The standard InChI is InChI=1S/C22H29N3O4/c1-3-25-12-15(10-23-25)11-24-13-17-8-20(26)21(9-18(17)14-24)29-19-6-4-5-16(7-19)22(27)28-2/h4-7,10,12,17-18,20-21,26H,3,8-9,11,13-14H2,1-2H3/t17-,18+,20+,21+/m0/s1. The lowest BCUT2D eigenvalue weighted by Gasteiger charge is -2.35. The van der Waals surface area contributed by atoms with E-state index in [0.29, 0.717) is 23.1 Å². The summed E-state index contributed by atoms with van der Waals surface area (Å²) in [6.07, 6.45) is 4.86. The third-order valence-electron chi connectivity index (χ3n) is 6.12. The summed E-state index contributed by atoms with van der Waals surface area (Å²) < 4.78 is 12.8. The maximum Gasteiger partial charge on any atom is 0.337 e. The second-order valence-corrected chi connectivity index (χ2v) is 8.13. The van der Waals surface area contributed by atoms with Crippen LogP contribution in [0.2, 0.25) is 0 Å². The Morgan fingerprint density at radius 1 is 1.28 bits per heavy atom. The molecular weight excluding hydrogens is 370 g/mol. The third kappa shape index (κ3) is 4.46. The van der Waals surface area contributed by atoms with E-state index < -0.39 is 12.1 Å². The first-order valence-electron chi connectivity index (χ1n) is 10.3. The molecule has 0 spiro atoms. The van der Waals surface area contributed by atoms with E-state index in [1.807, 2.05) is 16.9 Å². The number of hydrogen-bond acceptors (Lipinski definition) is 6. The summed E-state index contributed by atoms with van der Waals surface area (Å²) in [5, 5.41) is 15.0.